The van der Waals surface area contributed by atoms with Gasteiger partial charge in [-0.2, -0.15) is 0 Å². The third-order valence-corrected chi connectivity index (χ3v) is 0.886. The molecule has 0 aliphatic rings. The molecule has 168 valence electrons. The van der Waals surface area contributed by atoms with Gasteiger partial charge in [-0.05, 0) is 27.7 Å². The van der Waals surface area contributed by atoms with E-state index in [-0.39, 0.29) is 79.9 Å². The molecule has 0 saturated heterocycles. The van der Waals surface area contributed by atoms with Crippen LogP contribution in [0.15, 0.2) is 10.2 Å². The zero-order valence-electron chi connectivity index (χ0n) is 16.5. The quantitative estimate of drug-likeness (QED) is 0.292. The Balaban J connectivity index is -0.0000000154. The van der Waals surface area contributed by atoms with Crippen molar-refractivity contribution in [2.24, 2.45) is 10.2 Å². The molecule has 0 fully saturated rings. The Morgan fingerprint density at radius 2 is 0.680 bits per heavy atom. The molecular formula is C8H47N13O4. The van der Waals surface area contributed by atoms with E-state index in [1.807, 2.05) is 0 Å². The molecule has 2 amide bonds. The summed E-state index contributed by atoms with van der Waals surface area (Å²) in [6.45, 7) is 6.67. The van der Waals surface area contributed by atoms with E-state index in [0.29, 0.717) is 0 Å². The first-order valence-electron chi connectivity index (χ1n) is 4.24. The van der Waals surface area contributed by atoms with E-state index in [2.05, 4.69) is 19.7 Å². The second-order valence-electron chi connectivity index (χ2n) is 3.07. The van der Waals surface area contributed by atoms with Gasteiger partial charge in [-0.15, -0.1) is 0 Å². The minimum absolute atomic E-state index is 0. The first-order valence-corrected chi connectivity index (χ1v) is 4.24. The number of carbonyl (C=O) groups is 2. The van der Waals surface area contributed by atoms with Gasteiger partial charge in [0, 0.05) is 0 Å². The predicted molar refractivity (Wildman–Crippen MR) is 103 cm³/mol. The van der Waals surface area contributed by atoms with E-state index in [9.17, 15) is 9.59 Å². The molecule has 0 aromatic carbocycles. The van der Waals surface area contributed by atoms with Crippen LogP contribution in [-0.2, 0) is 9.47 Å². The maximum atomic E-state index is 10.8. The highest BCUT2D eigenvalue weighted by Gasteiger charge is 2.06. The fourth-order valence-corrected chi connectivity index (χ4v) is 0.532. The lowest BCUT2D eigenvalue weighted by Crippen LogP contribution is -2.09. The first-order chi connectivity index (χ1) is 6.41. The molecule has 0 unspecified atom stereocenters. The molecular weight excluding hydrogens is 342 g/mol. The predicted octanol–water partition coefficient (Wildman–Crippen LogP) is 4.31. The van der Waals surface area contributed by atoms with Crippen LogP contribution in [0.3, 0.4) is 0 Å². The number of hydrogen-bond donors (Lipinski definition) is 11. The SMILES string of the molecule is CC(C)OC(=O)N=NC(=O)OC(C)C.N.N.N.N.N.N.N.N.N.N.N. The zero-order valence-corrected chi connectivity index (χ0v) is 16.5. The van der Waals surface area contributed by atoms with E-state index in [4.69, 9.17) is 0 Å². The Morgan fingerprint density at radius 1 is 0.520 bits per heavy atom. The molecule has 0 radical (unpaired) electrons. The van der Waals surface area contributed by atoms with Gasteiger partial charge in [0.2, 0.25) is 0 Å². The van der Waals surface area contributed by atoms with Crippen LogP contribution < -0.4 is 67.7 Å². The Hall–Kier alpha value is -1.90. The average molecular weight is 390 g/mol. The van der Waals surface area contributed by atoms with Crippen molar-refractivity contribution in [3.8, 4) is 0 Å². The van der Waals surface area contributed by atoms with Crippen molar-refractivity contribution in [3.05, 3.63) is 0 Å². The van der Waals surface area contributed by atoms with Gasteiger partial charge in [0.1, 0.15) is 0 Å². The lowest BCUT2D eigenvalue weighted by molar-refractivity contribution is 0.115. The smallest absolute Gasteiger partial charge is 0.444 e. The van der Waals surface area contributed by atoms with Crippen LogP contribution in [0.25, 0.3) is 0 Å². The van der Waals surface area contributed by atoms with Crippen molar-refractivity contribution < 1.29 is 19.1 Å². The van der Waals surface area contributed by atoms with Gasteiger partial charge in [-0.25, -0.2) is 9.59 Å². The first kappa shape index (κ1) is 91.6. The van der Waals surface area contributed by atoms with E-state index in [1.165, 1.54) is 0 Å². The monoisotopic (exact) mass is 389 g/mol. The average Bonchev–Trinajstić information content (AvgIpc) is 1.98. The molecule has 0 aromatic heterocycles. The van der Waals surface area contributed by atoms with Gasteiger partial charge in [0.15, 0.2) is 0 Å². The standard InChI is InChI=1S/C8H14N2O4.11H3N/c1-5(2)13-7(11)9-10-8(12)14-6(3)4;;;;;;;;;;;/h5-6H,1-4H3;11*1H3. The van der Waals surface area contributed by atoms with E-state index >= 15 is 0 Å². The van der Waals surface area contributed by atoms with E-state index < -0.39 is 12.2 Å². The Bertz CT molecular complexity index is 228. The van der Waals surface area contributed by atoms with Gasteiger partial charge in [0.25, 0.3) is 0 Å². The zero-order chi connectivity index (χ0) is 11.1. The van der Waals surface area contributed by atoms with Crippen LogP contribution in [-0.4, -0.2) is 24.4 Å². The molecule has 0 atom stereocenters. The maximum Gasteiger partial charge on any atom is 0.452 e. The molecule has 17 heteroatoms. The molecule has 33 N–H and O–H groups in total. The summed E-state index contributed by atoms with van der Waals surface area (Å²) in [6.07, 6.45) is -2.38. The molecule has 17 nitrogen and oxygen atoms in total. The lowest BCUT2D eigenvalue weighted by Gasteiger charge is -2.03. The summed E-state index contributed by atoms with van der Waals surface area (Å²) in [7, 11) is 0. The Kier molecular flexibility index (Phi) is 181. The second-order valence-corrected chi connectivity index (χ2v) is 3.07. The van der Waals surface area contributed by atoms with Crippen LogP contribution >= 0.6 is 0 Å². The van der Waals surface area contributed by atoms with Crippen LogP contribution in [0.5, 0.6) is 0 Å². The summed E-state index contributed by atoms with van der Waals surface area (Å²) in [4.78, 5) is 21.5. The maximum absolute atomic E-state index is 10.8. The van der Waals surface area contributed by atoms with Crippen molar-refractivity contribution >= 4 is 12.2 Å². The minimum Gasteiger partial charge on any atom is -0.444 e. The van der Waals surface area contributed by atoms with Gasteiger partial charge >= 0.3 is 12.2 Å². The van der Waals surface area contributed by atoms with Crippen LogP contribution in [0, 0.1) is 0 Å². The second kappa shape index (κ2) is 49.5. The number of carbonyl (C=O) groups excluding carboxylic acids is 2. The van der Waals surface area contributed by atoms with E-state index in [0.717, 1.165) is 0 Å². The molecule has 0 aliphatic heterocycles. The van der Waals surface area contributed by atoms with E-state index in [1.54, 1.807) is 27.7 Å². The lowest BCUT2D eigenvalue weighted by atomic mass is 10.5. The number of amides is 2. The summed E-state index contributed by atoms with van der Waals surface area (Å²) in [5, 5.41) is 6.01. The highest BCUT2D eigenvalue weighted by molar-refractivity contribution is 5.73. The molecule has 0 rings (SSSR count). The molecule has 0 saturated carbocycles. The van der Waals surface area contributed by atoms with Crippen molar-refractivity contribution in [3.63, 3.8) is 0 Å². The highest BCUT2D eigenvalue weighted by atomic mass is 16.6. The topological polar surface area (TPSA) is 462 Å². The third kappa shape index (κ3) is 72.5. The van der Waals surface area contributed by atoms with Gasteiger partial charge in [-0.1, -0.05) is 10.2 Å². The Morgan fingerprint density at radius 3 is 0.800 bits per heavy atom. The summed E-state index contributed by atoms with van der Waals surface area (Å²) >= 11 is 0. The molecule has 0 aliphatic carbocycles. The summed E-state index contributed by atoms with van der Waals surface area (Å²) in [6, 6.07) is 0. The summed E-state index contributed by atoms with van der Waals surface area (Å²) in [5.74, 6) is 0. The van der Waals surface area contributed by atoms with Crippen LogP contribution in [0.4, 0.5) is 9.59 Å². The van der Waals surface area contributed by atoms with Gasteiger partial charge in [-0.3, -0.25) is 0 Å². The molecule has 0 spiro atoms. The number of rotatable bonds is 2. The fraction of sp³-hybridized carbons (Fsp3) is 0.750. The fourth-order valence-electron chi connectivity index (χ4n) is 0.532. The number of azo groups is 1. The van der Waals surface area contributed by atoms with Crippen molar-refractivity contribution in [1.29, 1.82) is 0 Å². The van der Waals surface area contributed by atoms with Gasteiger partial charge in [0.05, 0.1) is 12.2 Å². The molecule has 25 heavy (non-hydrogen) atoms. The number of hydrogen-bond acceptors (Lipinski definition) is 15. The molecule has 0 bridgehead atoms. The molecule has 0 aromatic rings. The van der Waals surface area contributed by atoms with Crippen LogP contribution in [0.2, 0.25) is 0 Å². The van der Waals surface area contributed by atoms with Crippen LogP contribution in [0.1, 0.15) is 27.7 Å². The summed E-state index contributed by atoms with van der Waals surface area (Å²) < 4.78 is 9.20. The minimum atomic E-state index is -0.902. The van der Waals surface area contributed by atoms with Crippen molar-refractivity contribution in [1.82, 2.24) is 67.7 Å². The largest absolute Gasteiger partial charge is 0.452 e. The number of nitrogens with zero attached hydrogens (tertiary/aromatic N) is 2. The van der Waals surface area contributed by atoms with Gasteiger partial charge < -0.3 is 77.1 Å². The van der Waals surface area contributed by atoms with Crippen molar-refractivity contribution in [2.45, 2.75) is 39.9 Å². The van der Waals surface area contributed by atoms with Crippen molar-refractivity contribution in [2.75, 3.05) is 0 Å². The summed E-state index contributed by atoms with van der Waals surface area (Å²) in [5.41, 5.74) is 0. The highest BCUT2D eigenvalue weighted by Crippen LogP contribution is 1.96. The normalized spacial score (nSPS) is 6.16. The third-order valence-electron chi connectivity index (χ3n) is 0.886. The Labute approximate surface area is 150 Å². The number of ether oxygens (including phenoxy) is 2. The molecule has 0 heterocycles.